The Morgan fingerprint density at radius 2 is 2.21 bits per heavy atom. The summed E-state index contributed by atoms with van der Waals surface area (Å²) in [4.78, 5) is 17.3. The van der Waals surface area contributed by atoms with E-state index in [0.29, 0.717) is 12.2 Å². The minimum absolute atomic E-state index is 0.124. The number of rotatable bonds is 4. The van der Waals surface area contributed by atoms with Crippen LogP contribution >= 0.6 is 0 Å². The van der Waals surface area contributed by atoms with Crippen molar-refractivity contribution < 1.29 is 9.32 Å². The second kappa shape index (κ2) is 5.51. The molecule has 0 aromatic carbocycles. The molecule has 1 amide bonds. The third-order valence-corrected chi connectivity index (χ3v) is 2.54. The van der Waals surface area contributed by atoms with Gasteiger partial charge in [-0.2, -0.15) is 0 Å². The molecule has 0 atom stereocenters. The Labute approximate surface area is 111 Å². The highest BCUT2D eigenvalue weighted by Gasteiger charge is 2.10. The molecule has 6 heteroatoms. The fraction of sp³-hybridized carbons (Fsp3) is 0.308. The number of aryl methyl sites for hydroxylation is 1. The maximum atomic E-state index is 11.8. The lowest BCUT2D eigenvalue weighted by Crippen LogP contribution is -2.22. The van der Waals surface area contributed by atoms with Crippen molar-refractivity contribution in [3.63, 3.8) is 0 Å². The van der Waals surface area contributed by atoms with Crippen LogP contribution in [0.4, 0.5) is 5.69 Å². The first-order chi connectivity index (χ1) is 9.06. The van der Waals surface area contributed by atoms with E-state index < -0.39 is 0 Å². The molecular formula is C13H16N4O2. The average Bonchev–Trinajstić information content (AvgIpc) is 2.81. The molecule has 19 heavy (non-hydrogen) atoms. The number of carbonyl (C=O) groups is 1. The summed E-state index contributed by atoms with van der Waals surface area (Å²) in [6.07, 6.45) is 1.60. The van der Waals surface area contributed by atoms with Crippen molar-refractivity contribution in [2.24, 2.45) is 0 Å². The number of hydrogen-bond donors (Lipinski definition) is 1. The summed E-state index contributed by atoms with van der Waals surface area (Å²) in [6, 6.07) is 5.38. The van der Waals surface area contributed by atoms with Crippen LogP contribution in [0.15, 0.2) is 28.9 Å². The smallest absolute Gasteiger partial charge is 0.272 e. The van der Waals surface area contributed by atoms with Gasteiger partial charge in [-0.25, -0.2) is 0 Å². The summed E-state index contributed by atoms with van der Waals surface area (Å²) < 4.78 is 4.98. The van der Waals surface area contributed by atoms with Gasteiger partial charge in [-0.05, 0) is 19.1 Å². The van der Waals surface area contributed by atoms with Crippen LogP contribution in [0.5, 0.6) is 0 Å². The number of nitrogens with zero attached hydrogens (tertiary/aromatic N) is 3. The molecule has 0 spiro atoms. The van der Waals surface area contributed by atoms with Crippen molar-refractivity contribution in [3.8, 4) is 0 Å². The third kappa shape index (κ3) is 3.31. The first-order valence-corrected chi connectivity index (χ1v) is 5.90. The summed E-state index contributed by atoms with van der Waals surface area (Å²) in [5.74, 6) is 0.649. The third-order valence-electron chi connectivity index (χ3n) is 2.54. The molecule has 0 radical (unpaired) electrons. The normalized spacial score (nSPS) is 10.3. The Kier molecular flexibility index (Phi) is 3.79. The first kappa shape index (κ1) is 13.1. The molecule has 100 valence electrons. The van der Waals surface area contributed by atoms with Crippen LogP contribution in [-0.4, -0.2) is 35.0 Å². The highest BCUT2D eigenvalue weighted by Crippen LogP contribution is 2.11. The van der Waals surface area contributed by atoms with Gasteiger partial charge in [0.05, 0.1) is 6.54 Å². The molecule has 0 saturated heterocycles. The number of pyridine rings is 1. The van der Waals surface area contributed by atoms with Crippen LogP contribution in [0, 0.1) is 6.92 Å². The van der Waals surface area contributed by atoms with Gasteiger partial charge in [-0.1, -0.05) is 5.16 Å². The Bertz CT molecular complexity index is 578. The molecule has 2 heterocycles. The molecule has 1 N–H and O–H groups in total. The molecule has 0 bridgehead atoms. The van der Waals surface area contributed by atoms with E-state index in [-0.39, 0.29) is 5.91 Å². The molecule has 6 nitrogen and oxygen atoms in total. The Morgan fingerprint density at radius 1 is 1.42 bits per heavy atom. The molecule has 2 rings (SSSR count). The second-order valence-corrected chi connectivity index (χ2v) is 4.41. The van der Waals surface area contributed by atoms with E-state index in [0.717, 1.165) is 17.1 Å². The lowest BCUT2D eigenvalue weighted by Gasteiger charge is -2.10. The van der Waals surface area contributed by atoms with Crippen LogP contribution in [0.2, 0.25) is 0 Å². The summed E-state index contributed by atoms with van der Waals surface area (Å²) >= 11 is 0. The number of nitrogens with one attached hydrogen (secondary N) is 1. The fourth-order valence-corrected chi connectivity index (χ4v) is 1.58. The molecule has 0 saturated carbocycles. The van der Waals surface area contributed by atoms with Crippen molar-refractivity contribution >= 4 is 11.6 Å². The molecule has 2 aromatic rings. The largest absolute Gasteiger partial charge is 0.379 e. The molecule has 0 aliphatic rings. The zero-order chi connectivity index (χ0) is 13.8. The Morgan fingerprint density at radius 3 is 2.84 bits per heavy atom. The molecule has 0 unspecified atom stereocenters. The maximum absolute atomic E-state index is 11.8. The van der Waals surface area contributed by atoms with Crippen molar-refractivity contribution in [1.82, 2.24) is 15.0 Å². The first-order valence-electron chi connectivity index (χ1n) is 5.90. The summed E-state index contributed by atoms with van der Waals surface area (Å²) in [5.41, 5.74) is 2.04. The maximum Gasteiger partial charge on any atom is 0.272 e. The second-order valence-electron chi connectivity index (χ2n) is 4.41. The highest BCUT2D eigenvalue weighted by atomic mass is 16.5. The van der Waals surface area contributed by atoms with Gasteiger partial charge in [0.25, 0.3) is 5.91 Å². The zero-order valence-corrected chi connectivity index (χ0v) is 11.2. The van der Waals surface area contributed by atoms with Crippen LogP contribution < -0.4 is 5.32 Å². The number of anilines is 1. The van der Waals surface area contributed by atoms with Crippen molar-refractivity contribution in [2.75, 3.05) is 19.4 Å². The molecule has 0 aliphatic heterocycles. The topological polar surface area (TPSA) is 71.3 Å². The van der Waals surface area contributed by atoms with Gasteiger partial charge in [0.1, 0.15) is 17.1 Å². The van der Waals surface area contributed by atoms with Gasteiger partial charge in [-0.3, -0.25) is 9.78 Å². The van der Waals surface area contributed by atoms with Gasteiger partial charge < -0.3 is 14.7 Å². The van der Waals surface area contributed by atoms with E-state index >= 15 is 0 Å². The van der Waals surface area contributed by atoms with E-state index in [2.05, 4.69) is 15.5 Å². The van der Waals surface area contributed by atoms with Gasteiger partial charge in [-0.15, -0.1) is 0 Å². The van der Waals surface area contributed by atoms with E-state index in [4.69, 9.17) is 4.52 Å². The van der Waals surface area contributed by atoms with Gasteiger partial charge in [0.2, 0.25) is 0 Å². The molecule has 0 aliphatic carbocycles. The van der Waals surface area contributed by atoms with Crippen LogP contribution in [0.3, 0.4) is 0 Å². The Balaban J connectivity index is 2.05. The van der Waals surface area contributed by atoms with Gasteiger partial charge in [0.15, 0.2) is 0 Å². The SMILES string of the molecule is Cc1cc(CNc2ccnc(C(=O)N(C)C)c2)no1. The fourth-order valence-electron chi connectivity index (χ4n) is 1.58. The predicted molar refractivity (Wildman–Crippen MR) is 70.8 cm³/mol. The average molecular weight is 260 g/mol. The van der Waals surface area contributed by atoms with Crippen LogP contribution in [0.25, 0.3) is 0 Å². The van der Waals surface area contributed by atoms with Crippen LogP contribution in [-0.2, 0) is 6.54 Å². The summed E-state index contributed by atoms with van der Waals surface area (Å²) in [6.45, 7) is 2.38. The predicted octanol–water partition coefficient (Wildman–Crippen LogP) is 1.69. The lowest BCUT2D eigenvalue weighted by molar-refractivity contribution is 0.0822. The van der Waals surface area contributed by atoms with Crippen molar-refractivity contribution in [1.29, 1.82) is 0 Å². The molecule has 0 fully saturated rings. The Hall–Kier alpha value is -2.37. The van der Waals surface area contributed by atoms with E-state index in [1.807, 2.05) is 13.0 Å². The number of amides is 1. The van der Waals surface area contributed by atoms with Crippen molar-refractivity contribution in [2.45, 2.75) is 13.5 Å². The minimum atomic E-state index is -0.124. The molecule has 2 aromatic heterocycles. The van der Waals surface area contributed by atoms with Crippen LogP contribution in [0.1, 0.15) is 21.9 Å². The highest BCUT2D eigenvalue weighted by molar-refractivity contribution is 5.92. The quantitative estimate of drug-likeness (QED) is 0.905. The molecular weight excluding hydrogens is 244 g/mol. The summed E-state index contributed by atoms with van der Waals surface area (Å²) in [5, 5.41) is 7.06. The monoisotopic (exact) mass is 260 g/mol. The van der Waals surface area contributed by atoms with E-state index in [1.54, 1.807) is 32.4 Å². The van der Waals surface area contributed by atoms with E-state index in [1.165, 1.54) is 4.90 Å². The number of carbonyl (C=O) groups excluding carboxylic acids is 1. The number of hydrogen-bond acceptors (Lipinski definition) is 5. The zero-order valence-electron chi connectivity index (χ0n) is 11.2. The van der Waals surface area contributed by atoms with Gasteiger partial charge >= 0.3 is 0 Å². The lowest BCUT2D eigenvalue weighted by atomic mass is 10.3. The van der Waals surface area contributed by atoms with E-state index in [9.17, 15) is 4.79 Å². The minimum Gasteiger partial charge on any atom is -0.379 e. The van der Waals surface area contributed by atoms with Gasteiger partial charge in [0, 0.05) is 32.0 Å². The summed E-state index contributed by atoms with van der Waals surface area (Å²) in [7, 11) is 3.39. The standard InChI is InChI=1S/C13H16N4O2/c1-9-6-11(16-19-9)8-15-10-4-5-14-12(7-10)13(18)17(2)3/h4-7H,8H2,1-3H3,(H,14,15). The number of aromatic nitrogens is 2. The van der Waals surface area contributed by atoms with Crippen molar-refractivity contribution in [3.05, 3.63) is 41.5 Å².